The minimum atomic E-state index is 0.631. The Labute approximate surface area is 679 Å². The number of benzene rings is 16. The minimum absolute atomic E-state index is 0.631. The van der Waals surface area contributed by atoms with E-state index in [0.717, 1.165) is 61.7 Å². The summed E-state index contributed by atoms with van der Waals surface area (Å²) >= 11 is 3.78. The predicted molar refractivity (Wildman–Crippen MR) is 487 cm³/mol. The zero-order valence-corrected chi connectivity index (χ0v) is 64.4. The summed E-state index contributed by atoms with van der Waals surface area (Å²) in [5.74, 6) is 2.62. The highest BCUT2D eigenvalue weighted by Gasteiger charge is 2.25. The van der Waals surface area contributed by atoms with Crippen molar-refractivity contribution in [1.82, 2.24) is 34.1 Å². The Bertz CT molecular complexity index is 6900. The van der Waals surface area contributed by atoms with Gasteiger partial charge in [-0.1, -0.05) is 352 Å². The highest BCUT2D eigenvalue weighted by atomic mass is 32.1. The molecule has 0 spiro atoms. The maximum atomic E-state index is 5.13. The average Bonchev–Trinajstić information content (AvgIpc) is 1.56. The molecule has 0 fully saturated rings. The third-order valence-corrected chi connectivity index (χ3v) is 24.5. The SMILES string of the molecule is c1ccc(-c2ccc(-c3cc(-c4ccc(-n5c6ccccc6c6c7sc(-c8ccccc8)c(-c8ccccc8)c7ccc65)cc4)nc(-c4ccccc4)n3)cc2)cc1.c1ccc(-c2ccc(-c3nc(-c4ccccc4)nc(-c4ccc(-n5c6ccccc6c6c7sc(-c8ccccc8)c(-c8ccccc8)c7ccc65)cc4)n3)cc2)cc1. The molecule has 0 amide bonds. The summed E-state index contributed by atoms with van der Waals surface area (Å²) in [5, 5.41) is 7.60. The van der Waals surface area contributed by atoms with E-state index in [4.69, 9.17) is 24.9 Å². The van der Waals surface area contributed by atoms with Gasteiger partial charge in [0.2, 0.25) is 0 Å². The fourth-order valence-electron chi connectivity index (χ4n) is 16.4. The third kappa shape index (κ3) is 12.8. The second-order valence-corrected chi connectivity index (χ2v) is 31.0. The van der Waals surface area contributed by atoms with Gasteiger partial charge in [-0.15, -0.1) is 22.7 Å². The molecule has 0 saturated carbocycles. The van der Waals surface area contributed by atoms with Crippen LogP contribution in [0.25, 0.3) is 209 Å². The zero-order valence-electron chi connectivity index (χ0n) is 62.8. The Balaban J connectivity index is 0.000000145. The molecule has 16 aromatic carbocycles. The van der Waals surface area contributed by atoms with E-state index in [9.17, 15) is 0 Å². The van der Waals surface area contributed by atoms with Gasteiger partial charge in [-0.3, -0.25) is 0 Å². The maximum Gasteiger partial charge on any atom is 0.164 e. The summed E-state index contributed by atoms with van der Waals surface area (Å²) in [4.78, 5) is 27.9. The molecule has 22 rings (SSSR count). The Morgan fingerprint density at radius 2 is 0.440 bits per heavy atom. The molecular weight excluding hydrogens is 1450 g/mol. The molecular formula is C107H69N7S2. The molecule has 0 N–H and O–H groups in total. The van der Waals surface area contributed by atoms with Gasteiger partial charge in [0.25, 0.3) is 0 Å². The smallest absolute Gasteiger partial charge is 0.164 e. The first-order valence-electron chi connectivity index (χ1n) is 39.0. The summed E-state index contributed by atoms with van der Waals surface area (Å²) in [6.45, 7) is 0. The van der Waals surface area contributed by atoms with Crippen molar-refractivity contribution in [1.29, 1.82) is 0 Å². The van der Waals surface area contributed by atoms with E-state index >= 15 is 0 Å². The number of aromatic nitrogens is 7. The van der Waals surface area contributed by atoms with E-state index in [1.165, 1.54) is 124 Å². The van der Waals surface area contributed by atoms with Gasteiger partial charge in [0.1, 0.15) is 0 Å². The summed E-state index contributed by atoms with van der Waals surface area (Å²) in [7, 11) is 0. The normalized spacial score (nSPS) is 11.4. The largest absolute Gasteiger partial charge is 0.309 e. The summed E-state index contributed by atoms with van der Waals surface area (Å²) in [6.07, 6.45) is 0. The average molecular weight is 1520 g/mol. The Hall–Kier alpha value is -14.9. The molecule has 0 saturated heterocycles. The maximum absolute atomic E-state index is 5.13. The highest BCUT2D eigenvalue weighted by molar-refractivity contribution is 7.24. The van der Waals surface area contributed by atoms with Crippen molar-refractivity contribution in [3.63, 3.8) is 0 Å². The summed E-state index contributed by atoms with van der Waals surface area (Å²) in [6, 6.07) is 148. The molecule has 544 valence electrons. The van der Waals surface area contributed by atoms with E-state index in [2.05, 4.69) is 367 Å². The molecule has 0 atom stereocenters. The molecule has 6 heterocycles. The highest BCUT2D eigenvalue weighted by Crippen LogP contribution is 2.52. The predicted octanol–water partition coefficient (Wildman–Crippen LogP) is 29.0. The zero-order chi connectivity index (χ0) is 76.8. The molecule has 0 aliphatic rings. The van der Waals surface area contributed by atoms with E-state index in [1.54, 1.807) is 0 Å². The molecule has 0 aliphatic carbocycles. The van der Waals surface area contributed by atoms with Gasteiger partial charge in [0.05, 0.1) is 33.5 Å². The van der Waals surface area contributed by atoms with Gasteiger partial charge >= 0.3 is 0 Å². The number of hydrogen-bond acceptors (Lipinski definition) is 7. The first kappa shape index (κ1) is 69.1. The standard InChI is InChI=1S/C54H35N3S.C53H34N4S/c1-5-15-36(16-6-1)37-25-27-38(28-26-37)46-35-47(56-54(55-46)42-21-11-4-12-22-42)39-29-31-43(32-30-39)57-48-24-14-13-23-44(48)51-49(57)34-33-45-50(40-17-7-2-8-18-40)52(58-53(45)51)41-19-9-3-10-20-41;1-5-15-35(16-6-1)36-25-27-40(28-26-36)52-54-51(39-21-11-4-12-22-39)55-53(56-52)41-29-31-42(32-30-41)57-45-24-14-13-23-43(45)48-46(57)34-33-44-47(37-17-7-2-8-18-37)49(58-50(44)48)38-19-9-3-10-20-38/h1-35H;1-34H. The van der Waals surface area contributed by atoms with Crippen LogP contribution in [-0.4, -0.2) is 34.1 Å². The number of para-hydroxylation sites is 2. The lowest BCUT2D eigenvalue weighted by Gasteiger charge is -2.12. The van der Waals surface area contributed by atoms with Gasteiger partial charge in [0, 0.05) is 107 Å². The monoisotopic (exact) mass is 1520 g/mol. The van der Waals surface area contributed by atoms with Gasteiger partial charge < -0.3 is 9.13 Å². The molecule has 0 bridgehead atoms. The Kier molecular flexibility index (Phi) is 17.9. The van der Waals surface area contributed by atoms with Crippen molar-refractivity contribution >= 4 is 86.5 Å². The van der Waals surface area contributed by atoms with Crippen LogP contribution in [0.2, 0.25) is 0 Å². The van der Waals surface area contributed by atoms with Crippen LogP contribution in [0.15, 0.2) is 419 Å². The van der Waals surface area contributed by atoms with E-state index < -0.39 is 0 Å². The van der Waals surface area contributed by atoms with Crippen LogP contribution in [0.3, 0.4) is 0 Å². The summed E-state index contributed by atoms with van der Waals surface area (Å²) in [5.41, 5.74) is 26.7. The van der Waals surface area contributed by atoms with Crippen molar-refractivity contribution in [2.75, 3.05) is 0 Å². The van der Waals surface area contributed by atoms with Crippen LogP contribution in [0.1, 0.15) is 0 Å². The van der Waals surface area contributed by atoms with Crippen molar-refractivity contribution < 1.29 is 0 Å². The van der Waals surface area contributed by atoms with Gasteiger partial charge in [-0.2, -0.15) is 0 Å². The molecule has 9 heteroatoms. The van der Waals surface area contributed by atoms with Crippen molar-refractivity contribution in [3.8, 4) is 145 Å². The lowest BCUT2D eigenvalue weighted by molar-refractivity contribution is 1.07. The van der Waals surface area contributed by atoms with Crippen LogP contribution >= 0.6 is 22.7 Å². The molecule has 116 heavy (non-hydrogen) atoms. The lowest BCUT2D eigenvalue weighted by Crippen LogP contribution is -2.00. The van der Waals surface area contributed by atoms with Crippen LogP contribution in [-0.2, 0) is 0 Å². The molecule has 0 radical (unpaired) electrons. The van der Waals surface area contributed by atoms with Gasteiger partial charge in [0.15, 0.2) is 23.3 Å². The number of hydrogen-bond donors (Lipinski definition) is 0. The number of rotatable bonds is 14. The van der Waals surface area contributed by atoms with Crippen LogP contribution in [0.5, 0.6) is 0 Å². The first-order chi connectivity index (χ1) is 57.5. The van der Waals surface area contributed by atoms with Crippen molar-refractivity contribution in [3.05, 3.63) is 419 Å². The second-order valence-electron chi connectivity index (χ2n) is 28.9. The van der Waals surface area contributed by atoms with Crippen LogP contribution < -0.4 is 0 Å². The molecule has 0 aliphatic heterocycles. The summed E-state index contributed by atoms with van der Waals surface area (Å²) < 4.78 is 7.40. The van der Waals surface area contributed by atoms with Crippen LogP contribution in [0, 0.1) is 0 Å². The second kappa shape index (κ2) is 30.0. The van der Waals surface area contributed by atoms with E-state index in [0.29, 0.717) is 23.3 Å². The molecule has 0 unspecified atom stereocenters. The molecule has 6 aromatic heterocycles. The van der Waals surface area contributed by atoms with E-state index in [-0.39, 0.29) is 0 Å². The van der Waals surface area contributed by atoms with Gasteiger partial charge in [-0.05, 0) is 111 Å². The Morgan fingerprint density at radius 3 is 0.802 bits per heavy atom. The fraction of sp³-hybridized carbons (Fsp3) is 0. The number of fused-ring (bicyclic) bond motifs is 10. The third-order valence-electron chi connectivity index (χ3n) is 21.9. The number of thiophene rings is 2. The Morgan fingerprint density at radius 1 is 0.181 bits per heavy atom. The number of nitrogens with zero attached hydrogens (tertiary/aromatic N) is 7. The van der Waals surface area contributed by atoms with Gasteiger partial charge in [-0.25, -0.2) is 24.9 Å². The minimum Gasteiger partial charge on any atom is -0.309 e. The fourth-order valence-corrected chi connectivity index (χ4v) is 19.2. The van der Waals surface area contributed by atoms with Crippen LogP contribution in [0.4, 0.5) is 0 Å². The molecule has 7 nitrogen and oxygen atoms in total. The van der Waals surface area contributed by atoms with Crippen molar-refractivity contribution in [2.45, 2.75) is 0 Å². The van der Waals surface area contributed by atoms with E-state index in [1.807, 2.05) is 83.3 Å². The van der Waals surface area contributed by atoms with Crippen molar-refractivity contribution in [2.24, 2.45) is 0 Å². The topological polar surface area (TPSA) is 74.3 Å². The lowest BCUT2D eigenvalue weighted by atomic mass is 9.98. The first-order valence-corrected chi connectivity index (χ1v) is 40.7. The molecule has 22 aromatic rings. The quantitative estimate of drug-likeness (QED) is 0.108.